The largest absolute Gasteiger partial charge is 0.494 e. The van der Waals surface area contributed by atoms with Crippen LogP contribution in [0.15, 0.2) is 82.6 Å². The van der Waals surface area contributed by atoms with Gasteiger partial charge in [-0.25, -0.2) is 8.42 Å². The van der Waals surface area contributed by atoms with Gasteiger partial charge < -0.3 is 10.1 Å². The van der Waals surface area contributed by atoms with E-state index < -0.39 is 10.0 Å². The number of carbonyl (C=O) groups excluding carboxylic acids is 1. The number of ether oxygens (including phenoxy) is 1. The maximum absolute atomic E-state index is 13.7. The lowest BCUT2D eigenvalue weighted by molar-refractivity contribution is -0.119. The SMILES string of the molecule is CCOc1ccc(N(CC(=O)NCc2ccccc2CN2CCCC2)S(=O)(=O)c2ccc(SC)cc2)cc1. The van der Waals surface area contributed by atoms with E-state index >= 15 is 0 Å². The molecule has 7 nitrogen and oxygen atoms in total. The van der Waals surface area contributed by atoms with Gasteiger partial charge in [-0.1, -0.05) is 24.3 Å². The number of hydrogen-bond acceptors (Lipinski definition) is 6. The smallest absolute Gasteiger partial charge is 0.264 e. The van der Waals surface area contributed by atoms with Crippen molar-refractivity contribution >= 4 is 33.4 Å². The van der Waals surface area contributed by atoms with E-state index in [0.29, 0.717) is 24.6 Å². The highest BCUT2D eigenvalue weighted by Gasteiger charge is 2.27. The van der Waals surface area contributed by atoms with Crippen molar-refractivity contribution in [3.05, 3.63) is 83.9 Å². The third-order valence-electron chi connectivity index (χ3n) is 6.56. The number of likely N-dealkylation sites (tertiary alicyclic amines) is 1. The minimum atomic E-state index is -3.99. The van der Waals surface area contributed by atoms with Crippen LogP contribution in [0.1, 0.15) is 30.9 Å². The molecular formula is C29H35N3O4S2. The van der Waals surface area contributed by atoms with Gasteiger partial charge in [-0.15, -0.1) is 11.8 Å². The first-order valence-corrected chi connectivity index (χ1v) is 15.5. The summed E-state index contributed by atoms with van der Waals surface area (Å²) in [5, 5.41) is 2.95. The molecule has 1 N–H and O–H groups in total. The van der Waals surface area contributed by atoms with Gasteiger partial charge in [-0.3, -0.25) is 14.0 Å². The topological polar surface area (TPSA) is 79.0 Å². The molecule has 0 aliphatic carbocycles. The molecule has 1 fully saturated rings. The third kappa shape index (κ3) is 7.09. The number of nitrogens with one attached hydrogen (secondary N) is 1. The monoisotopic (exact) mass is 553 g/mol. The molecule has 4 rings (SSSR count). The fraction of sp³-hybridized carbons (Fsp3) is 0.345. The number of sulfonamides is 1. The van der Waals surface area contributed by atoms with Crippen LogP contribution in [-0.4, -0.2) is 51.7 Å². The molecule has 9 heteroatoms. The van der Waals surface area contributed by atoms with Gasteiger partial charge in [0.2, 0.25) is 5.91 Å². The Balaban J connectivity index is 1.53. The van der Waals surface area contributed by atoms with Crippen molar-refractivity contribution in [1.82, 2.24) is 10.2 Å². The van der Waals surface area contributed by atoms with Crippen LogP contribution in [-0.2, 0) is 27.9 Å². The lowest BCUT2D eigenvalue weighted by Crippen LogP contribution is -2.40. The van der Waals surface area contributed by atoms with E-state index in [4.69, 9.17) is 4.74 Å². The summed E-state index contributed by atoms with van der Waals surface area (Å²) in [6.07, 6.45) is 4.37. The molecule has 1 heterocycles. The molecule has 0 saturated carbocycles. The van der Waals surface area contributed by atoms with Crippen LogP contribution < -0.4 is 14.4 Å². The van der Waals surface area contributed by atoms with Crippen LogP contribution in [0.2, 0.25) is 0 Å². The summed E-state index contributed by atoms with van der Waals surface area (Å²) in [4.78, 5) is 16.7. The molecule has 0 radical (unpaired) electrons. The Morgan fingerprint density at radius 3 is 2.26 bits per heavy atom. The average Bonchev–Trinajstić information content (AvgIpc) is 3.45. The number of carbonyl (C=O) groups is 1. The van der Waals surface area contributed by atoms with Gasteiger partial charge >= 0.3 is 0 Å². The minimum absolute atomic E-state index is 0.132. The third-order valence-corrected chi connectivity index (χ3v) is 9.09. The van der Waals surface area contributed by atoms with Crippen molar-refractivity contribution in [2.45, 2.75) is 42.6 Å². The lowest BCUT2D eigenvalue weighted by atomic mass is 10.1. The summed E-state index contributed by atoms with van der Waals surface area (Å²) < 4.78 is 34.1. The van der Waals surface area contributed by atoms with E-state index in [1.807, 2.05) is 31.4 Å². The quantitative estimate of drug-likeness (QED) is 0.321. The van der Waals surface area contributed by atoms with Crippen LogP contribution in [0.25, 0.3) is 0 Å². The van der Waals surface area contributed by atoms with Gasteiger partial charge in [0, 0.05) is 18.0 Å². The molecule has 1 aliphatic heterocycles. The second-order valence-electron chi connectivity index (χ2n) is 9.14. The van der Waals surface area contributed by atoms with E-state index in [2.05, 4.69) is 16.3 Å². The van der Waals surface area contributed by atoms with Crippen molar-refractivity contribution < 1.29 is 17.9 Å². The van der Waals surface area contributed by atoms with Gasteiger partial charge in [-0.2, -0.15) is 0 Å². The Bertz CT molecular complexity index is 1310. The molecule has 0 aromatic heterocycles. The highest BCUT2D eigenvalue weighted by Crippen LogP contribution is 2.27. The van der Waals surface area contributed by atoms with Crippen LogP contribution in [0.3, 0.4) is 0 Å². The molecule has 0 unspecified atom stereocenters. The lowest BCUT2D eigenvalue weighted by Gasteiger charge is -2.24. The molecule has 1 aliphatic rings. The second kappa shape index (κ2) is 13.2. The maximum Gasteiger partial charge on any atom is 0.264 e. The number of amides is 1. The van der Waals surface area contributed by atoms with Gasteiger partial charge in [0.05, 0.1) is 17.2 Å². The van der Waals surface area contributed by atoms with E-state index in [0.717, 1.165) is 34.4 Å². The zero-order valence-electron chi connectivity index (χ0n) is 21.9. The average molecular weight is 554 g/mol. The first-order valence-electron chi connectivity index (χ1n) is 12.9. The molecule has 3 aromatic carbocycles. The summed E-state index contributed by atoms with van der Waals surface area (Å²) in [6, 6.07) is 21.5. The van der Waals surface area contributed by atoms with Gasteiger partial charge in [0.1, 0.15) is 12.3 Å². The molecule has 0 bridgehead atoms. The first kappa shape index (κ1) is 28.0. The summed E-state index contributed by atoms with van der Waals surface area (Å²) in [6.45, 7) is 5.42. The summed E-state index contributed by atoms with van der Waals surface area (Å²) in [7, 11) is -3.99. The van der Waals surface area contributed by atoms with Crippen LogP contribution in [0.5, 0.6) is 5.75 Å². The Morgan fingerprint density at radius 2 is 1.63 bits per heavy atom. The minimum Gasteiger partial charge on any atom is -0.494 e. The molecule has 38 heavy (non-hydrogen) atoms. The molecule has 3 aromatic rings. The van der Waals surface area contributed by atoms with Crippen LogP contribution >= 0.6 is 11.8 Å². The van der Waals surface area contributed by atoms with E-state index in [1.165, 1.54) is 30.2 Å². The van der Waals surface area contributed by atoms with E-state index in [1.54, 1.807) is 48.5 Å². The fourth-order valence-corrected chi connectivity index (χ4v) is 6.34. The highest BCUT2D eigenvalue weighted by molar-refractivity contribution is 7.98. The first-order chi connectivity index (χ1) is 18.4. The number of anilines is 1. The van der Waals surface area contributed by atoms with Gasteiger partial charge in [0.15, 0.2) is 0 Å². The van der Waals surface area contributed by atoms with Gasteiger partial charge in [-0.05, 0) is 98.8 Å². The Labute approximate surface area is 230 Å². The summed E-state index contributed by atoms with van der Waals surface area (Å²) >= 11 is 1.54. The number of hydrogen-bond donors (Lipinski definition) is 1. The molecule has 0 spiro atoms. The van der Waals surface area contributed by atoms with E-state index in [-0.39, 0.29) is 17.3 Å². The Hall–Kier alpha value is -3.01. The van der Waals surface area contributed by atoms with Crippen molar-refractivity contribution in [2.75, 3.05) is 36.8 Å². The van der Waals surface area contributed by atoms with Crippen LogP contribution in [0, 0.1) is 0 Å². The molecular weight excluding hydrogens is 518 g/mol. The fourth-order valence-electron chi connectivity index (χ4n) is 4.51. The van der Waals surface area contributed by atoms with E-state index in [9.17, 15) is 13.2 Å². The number of nitrogens with zero attached hydrogens (tertiary/aromatic N) is 2. The zero-order valence-corrected chi connectivity index (χ0v) is 23.6. The zero-order chi connectivity index (χ0) is 27.0. The Morgan fingerprint density at radius 1 is 0.974 bits per heavy atom. The number of benzene rings is 3. The molecule has 202 valence electrons. The molecule has 1 amide bonds. The predicted molar refractivity (Wildman–Crippen MR) is 153 cm³/mol. The van der Waals surface area contributed by atoms with Crippen molar-refractivity contribution in [3.63, 3.8) is 0 Å². The van der Waals surface area contributed by atoms with Gasteiger partial charge in [0.25, 0.3) is 10.0 Å². The standard InChI is InChI=1S/C29H35N3O4S2/c1-3-36-26-12-10-25(11-13-26)32(38(34,35)28-16-14-27(37-2)15-17-28)22-29(33)30-20-23-8-4-5-9-24(23)21-31-18-6-7-19-31/h4-5,8-17H,3,6-7,18-22H2,1-2H3,(H,30,33). The normalized spacial score (nSPS) is 13.8. The second-order valence-corrected chi connectivity index (χ2v) is 11.9. The maximum atomic E-state index is 13.7. The number of thioether (sulfide) groups is 1. The summed E-state index contributed by atoms with van der Waals surface area (Å²) in [5.41, 5.74) is 2.61. The highest BCUT2D eigenvalue weighted by atomic mass is 32.2. The summed E-state index contributed by atoms with van der Waals surface area (Å²) in [5.74, 6) is 0.260. The predicted octanol–water partition coefficient (Wildman–Crippen LogP) is 4.91. The molecule has 0 atom stereocenters. The van der Waals surface area contributed by atoms with Crippen molar-refractivity contribution in [1.29, 1.82) is 0 Å². The number of rotatable bonds is 12. The Kier molecular flexibility index (Phi) is 9.71. The molecule has 1 saturated heterocycles. The van der Waals surface area contributed by atoms with Crippen molar-refractivity contribution in [3.8, 4) is 5.75 Å². The van der Waals surface area contributed by atoms with Crippen LogP contribution in [0.4, 0.5) is 5.69 Å². The van der Waals surface area contributed by atoms with Crippen molar-refractivity contribution in [2.24, 2.45) is 0 Å².